The van der Waals surface area contributed by atoms with Crippen LogP contribution in [0.4, 0.5) is 0 Å². The molecule has 2 atom stereocenters. The van der Waals surface area contributed by atoms with Crippen LogP contribution in [0.3, 0.4) is 0 Å². The van der Waals surface area contributed by atoms with Gasteiger partial charge in [-0.15, -0.1) is 0 Å². The van der Waals surface area contributed by atoms with Gasteiger partial charge in [0.25, 0.3) is 0 Å². The van der Waals surface area contributed by atoms with Crippen molar-refractivity contribution < 1.29 is 0 Å². The molecule has 3 heteroatoms. The van der Waals surface area contributed by atoms with Crippen LogP contribution < -0.4 is 5.32 Å². The molecule has 2 unspecified atom stereocenters. The Morgan fingerprint density at radius 3 is 2.86 bits per heavy atom. The van der Waals surface area contributed by atoms with E-state index >= 15 is 0 Å². The van der Waals surface area contributed by atoms with E-state index in [9.17, 15) is 0 Å². The number of hydrogen-bond donors (Lipinski definition) is 1. The summed E-state index contributed by atoms with van der Waals surface area (Å²) in [7, 11) is 0. The van der Waals surface area contributed by atoms with Crippen LogP contribution in [0.1, 0.15) is 38.8 Å². The first kappa shape index (κ1) is 9.71. The molecule has 0 bridgehead atoms. The van der Waals surface area contributed by atoms with E-state index < -0.39 is 0 Å². The molecular weight excluding hydrogens is 174 g/mol. The van der Waals surface area contributed by atoms with E-state index in [1.807, 2.05) is 10.9 Å². The van der Waals surface area contributed by atoms with Gasteiger partial charge in [0.05, 0.1) is 6.20 Å². The lowest BCUT2D eigenvalue weighted by Crippen LogP contribution is -2.16. The van der Waals surface area contributed by atoms with E-state index in [1.54, 1.807) is 0 Å². The lowest BCUT2D eigenvalue weighted by molar-refractivity contribution is 0.531. The molecule has 78 valence electrons. The van der Waals surface area contributed by atoms with E-state index in [4.69, 9.17) is 0 Å². The first-order valence-corrected chi connectivity index (χ1v) is 5.43. The van der Waals surface area contributed by atoms with Gasteiger partial charge in [-0.1, -0.05) is 6.92 Å². The molecule has 1 fully saturated rings. The van der Waals surface area contributed by atoms with Crippen molar-refractivity contribution in [1.29, 1.82) is 0 Å². The van der Waals surface area contributed by atoms with Gasteiger partial charge in [-0.3, -0.25) is 4.68 Å². The Labute approximate surface area is 85.5 Å². The zero-order valence-electron chi connectivity index (χ0n) is 9.20. The van der Waals surface area contributed by atoms with Gasteiger partial charge < -0.3 is 5.32 Å². The first-order valence-electron chi connectivity index (χ1n) is 5.43. The quantitative estimate of drug-likeness (QED) is 0.792. The summed E-state index contributed by atoms with van der Waals surface area (Å²) < 4.78 is 2.01. The molecule has 1 heterocycles. The summed E-state index contributed by atoms with van der Waals surface area (Å²) in [6, 6.07) is 1.21. The molecule has 0 spiro atoms. The summed E-state index contributed by atoms with van der Waals surface area (Å²) >= 11 is 0. The number of rotatable bonds is 4. The normalized spacial score (nSPS) is 25.7. The van der Waals surface area contributed by atoms with Crippen LogP contribution in [0.15, 0.2) is 12.4 Å². The van der Waals surface area contributed by atoms with Crippen LogP contribution in [0, 0.1) is 5.92 Å². The zero-order valence-corrected chi connectivity index (χ0v) is 9.20. The second kappa shape index (κ2) is 3.73. The number of aromatic nitrogens is 2. The second-order valence-electron chi connectivity index (χ2n) is 4.62. The largest absolute Gasteiger partial charge is 0.310 e. The molecule has 0 radical (unpaired) electrons. The lowest BCUT2D eigenvalue weighted by Gasteiger charge is -2.03. The molecule has 0 aromatic carbocycles. The van der Waals surface area contributed by atoms with Crippen molar-refractivity contribution in [1.82, 2.24) is 15.1 Å². The van der Waals surface area contributed by atoms with Gasteiger partial charge in [-0.25, -0.2) is 0 Å². The standard InChI is InChI=1S/C11H19N3/c1-8(2)14-7-10(6-13-14)5-12-11-4-9(11)3/h6-9,11-12H,4-5H2,1-3H3. The Bertz CT molecular complexity index is 303. The fraction of sp³-hybridized carbons (Fsp3) is 0.727. The molecule has 0 amide bonds. The molecule has 0 aliphatic heterocycles. The van der Waals surface area contributed by atoms with Gasteiger partial charge in [-0.05, 0) is 26.2 Å². The zero-order chi connectivity index (χ0) is 10.1. The molecule has 1 aromatic heterocycles. The van der Waals surface area contributed by atoms with Crippen molar-refractivity contribution >= 4 is 0 Å². The average Bonchev–Trinajstić information content (AvgIpc) is 2.68. The highest BCUT2D eigenvalue weighted by Gasteiger charge is 2.31. The third kappa shape index (κ3) is 2.15. The number of hydrogen-bond acceptors (Lipinski definition) is 2. The summed E-state index contributed by atoms with van der Waals surface area (Å²) in [5, 5.41) is 7.83. The van der Waals surface area contributed by atoms with Crippen molar-refractivity contribution in [3.05, 3.63) is 18.0 Å². The van der Waals surface area contributed by atoms with Crippen LogP contribution in [0.2, 0.25) is 0 Å². The van der Waals surface area contributed by atoms with Crippen molar-refractivity contribution in [3.63, 3.8) is 0 Å². The molecule has 1 aromatic rings. The molecule has 1 saturated carbocycles. The minimum Gasteiger partial charge on any atom is -0.310 e. The summed E-state index contributed by atoms with van der Waals surface area (Å²) in [6.07, 6.45) is 5.42. The predicted octanol–water partition coefficient (Wildman–Crippen LogP) is 1.96. The topological polar surface area (TPSA) is 29.9 Å². The minimum absolute atomic E-state index is 0.462. The maximum Gasteiger partial charge on any atom is 0.0534 e. The van der Waals surface area contributed by atoms with E-state index in [0.29, 0.717) is 6.04 Å². The molecule has 14 heavy (non-hydrogen) atoms. The van der Waals surface area contributed by atoms with E-state index in [1.165, 1.54) is 12.0 Å². The van der Waals surface area contributed by atoms with Crippen LogP contribution in [-0.4, -0.2) is 15.8 Å². The smallest absolute Gasteiger partial charge is 0.0534 e. The van der Waals surface area contributed by atoms with Crippen molar-refractivity contribution in [2.75, 3.05) is 0 Å². The molecule has 1 N–H and O–H groups in total. The molecule has 1 aliphatic rings. The SMILES string of the molecule is CC1CC1NCc1cnn(C(C)C)c1. The highest BCUT2D eigenvalue weighted by atomic mass is 15.3. The Balaban J connectivity index is 1.84. The highest BCUT2D eigenvalue weighted by Crippen LogP contribution is 2.29. The Kier molecular flexibility index (Phi) is 2.59. The molecule has 3 nitrogen and oxygen atoms in total. The first-order chi connectivity index (χ1) is 6.66. The third-order valence-electron chi connectivity index (χ3n) is 2.86. The average molecular weight is 193 g/mol. The fourth-order valence-corrected chi connectivity index (χ4v) is 1.61. The second-order valence-corrected chi connectivity index (χ2v) is 4.62. The van der Waals surface area contributed by atoms with Gasteiger partial charge in [-0.2, -0.15) is 5.10 Å². The maximum atomic E-state index is 4.31. The predicted molar refractivity (Wildman–Crippen MR) is 57.0 cm³/mol. The van der Waals surface area contributed by atoms with Crippen molar-refractivity contribution in [3.8, 4) is 0 Å². The van der Waals surface area contributed by atoms with Crippen molar-refractivity contribution in [2.24, 2.45) is 5.92 Å². The molecule has 2 rings (SSSR count). The molecule has 1 aliphatic carbocycles. The minimum atomic E-state index is 0.462. The van der Waals surface area contributed by atoms with Crippen LogP contribution >= 0.6 is 0 Å². The fourth-order valence-electron chi connectivity index (χ4n) is 1.61. The van der Waals surface area contributed by atoms with E-state index in [2.05, 4.69) is 37.4 Å². The maximum absolute atomic E-state index is 4.31. The Morgan fingerprint density at radius 2 is 2.36 bits per heavy atom. The van der Waals surface area contributed by atoms with Crippen LogP contribution in [0.25, 0.3) is 0 Å². The van der Waals surface area contributed by atoms with Gasteiger partial charge in [0, 0.05) is 30.4 Å². The van der Waals surface area contributed by atoms with Crippen LogP contribution in [0.5, 0.6) is 0 Å². The Hall–Kier alpha value is -0.830. The third-order valence-corrected chi connectivity index (χ3v) is 2.86. The summed E-state index contributed by atoms with van der Waals surface area (Å²) in [6.45, 7) is 7.54. The van der Waals surface area contributed by atoms with Gasteiger partial charge in [0.15, 0.2) is 0 Å². The molecule has 0 saturated heterocycles. The summed E-state index contributed by atoms with van der Waals surface area (Å²) in [4.78, 5) is 0. The van der Waals surface area contributed by atoms with E-state index in [-0.39, 0.29) is 0 Å². The lowest BCUT2D eigenvalue weighted by atomic mass is 10.3. The van der Waals surface area contributed by atoms with Crippen LogP contribution in [-0.2, 0) is 6.54 Å². The highest BCUT2D eigenvalue weighted by molar-refractivity contribution is 5.05. The van der Waals surface area contributed by atoms with Gasteiger partial charge >= 0.3 is 0 Å². The van der Waals surface area contributed by atoms with Gasteiger partial charge in [0.1, 0.15) is 0 Å². The number of nitrogens with one attached hydrogen (secondary N) is 1. The van der Waals surface area contributed by atoms with Crippen molar-refractivity contribution in [2.45, 2.75) is 45.8 Å². The van der Waals surface area contributed by atoms with E-state index in [0.717, 1.165) is 18.5 Å². The Morgan fingerprint density at radius 1 is 1.64 bits per heavy atom. The monoisotopic (exact) mass is 193 g/mol. The summed E-state index contributed by atoms with van der Waals surface area (Å²) in [5.74, 6) is 0.871. The molecular formula is C11H19N3. The van der Waals surface area contributed by atoms with Gasteiger partial charge in [0.2, 0.25) is 0 Å². The number of nitrogens with zero attached hydrogens (tertiary/aromatic N) is 2. The summed E-state index contributed by atoms with van der Waals surface area (Å²) in [5.41, 5.74) is 1.29.